The highest BCUT2D eigenvalue weighted by Crippen LogP contribution is 2.23. The molecule has 0 saturated carbocycles. The van der Waals surface area contributed by atoms with Gasteiger partial charge in [0.15, 0.2) is 0 Å². The maximum absolute atomic E-state index is 11.6. The van der Waals surface area contributed by atoms with E-state index in [1.807, 2.05) is 0 Å². The molecular weight excluding hydrogens is 276 g/mol. The molecule has 19 heavy (non-hydrogen) atoms. The van der Waals surface area contributed by atoms with E-state index < -0.39 is 24.3 Å². The molecule has 0 saturated heterocycles. The summed E-state index contributed by atoms with van der Waals surface area (Å²) in [7, 11) is 0. The molecule has 0 atom stereocenters. The summed E-state index contributed by atoms with van der Waals surface area (Å²) in [4.78, 5) is 32.9. The number of halogens is 1. The zero-order valence-corrected chi connectivity index (χ0v) is 10.4. The average molecular weight is 287 g/mol. The van der Waals surface area contributed by atoms with Crippen molar-refractivity contribution in [3.8, 4) is 5.75 Å². The molecular formula is C11H11ClN2O5. The van der Waals surface area contributed by atoms with E-state index in [1.54, 1.807) is 0 Å². The molecule has 1 aromatic carbocycles. The molecule has 0 spiro atoms. The normalized spacial score (nSPS) is 9.74. The van der Waals surface area contributed by atoms with Gasteiger partial charge < -0.3 is 20.8 Å². The monoisotopic (exact) mass is 286 g/mol. The van der Waals surface area contributed by atoms with Gasteiger partial charge in [0.05, 0.1) is 11.6 Å². The first-order chi connectivity index (χ1) is 8.90. The lowest BCUT2D eigenvalue weighted by atomic mass is 10.2. The molecule has 1 aromatic rings. The minimum Gasteiger partial charge on any atom is -0.506 e. The van der Waals surface area contributed by atoms with Crippen LogP contribution in [-0.4, -0.2) is 41.1 Å². The number of aromatic hydroxyl groups is 1. The van der Waals surface area contributed by atoms with E-state index in [0.29, 0.717) is 0 Å². The molecule has 2 amide bonds. The number of benzene rings is 1. The second-order valence-electron chi connectivity index (χ2n) is 3.52. The van der Waals surface area contributed by atoms with Crippen LogP contribution in [0.3, 0.4) is 0 Å². The van der Waals surface area contributed by atoms with Gasteiger partial charge in [0, 0.05) is 5.56 Å². The molecule has 102 valence electrons. The van der Waals surface area contributed by atoms with Gasteiger partial charge >= 0.3 is 5.97 Å². The number of carbonyl (C=O) groups is 3. The summed E-state index contributed by atoms with van der Waals surface area (Å²) >= 11 is 5.63. The molecule has 0 heterocycles. The number of rotatable bonds is 5. The molecule has 8 heteroatoms. The largest absolute Gasteiger partial charge is 0.506 e. The van der Waals surface area contributed by atoms with E-state index in [2.05, 4.69) is 10.6 Å². The summed E-state index contributed by atoms with van der Waals surface area (Å²) in [5.74, 6) is -2.52. The fourth-order valence-electron chi connectivity index (χ4n) is 1.15. The summed E-state index contributed by atoms with van der Waals surface area (Å²) in [5.41, 5.74) is 0.175. The van der Waals surface area contributed by atoms with Crippen molar-refractivity contribution in [2.45, 2.75) is 0 Å². The van der Waals surface area contributed by atoms with Crippen LogP contribution in [-0.2, 0) is 9.59 Å². The number of phenolic OH excluding ortho intramolecular Hbond substituents is 1. The third-order valence-electron chi connectivity index (χ3n) is 2.06. The first-order valence-electron chi connectivity index (χ1n) is 5.15. The van der Waals surface area contributed by atoms with Crippen molar-refractivity contribution < 1.29 is 24.6 Å². The van der Waals surface area contributed by atoms with E-state index in [4.69, 9.17) is 16.7 Å². The highest BCUT2D eigenvalue weighted by Gasteiger charge is 2.10. The number of nitrogens with one attached hydrogen (secondary N) is 2. The van der Waals surface area contributed by atoms with Crippen LogP contribution in [0.25, 0.3) is 0 Å². The Bertz CT molecular complexity index is 518. The van der Waals surface area contributed by atoms with Crippen LogP contribution >= 0.6 is 11.6 Å². The average Bonchev–Trinajstić information content (AvgIpc) is 2.36. The first kappa shape index (κ1) is 14.8. The highest BCUT2D eigenvalue weighted by atomic mass is 35.5. The predicted octanol–water partition coefficient (Wildman–Crippen LogP) is -0.0238. The van der Waals surface area contributed by atoms with Crippen molar-refractivity contribution in [1.29, 1.82) is 0 Å². The van der Waals surface area contributed by atoms with Crippen molar-refractivity contribution in [3.05, 3.63) is 28.8 Å². The highest BCUT2D eigenvalue weighted by molar-refractivity contribution is 6.32. The number of carboxylic acids is 1. The Labute approximate surface area is 113 Å². The van der Waals surface area contributed by atoms with Crippen molar-refractivity contribution in [2.75, 3.05) is 13.1 Å². The van der Waals surface area contributed by atoms with Gasteiger partial charge in [-0.1, -0.05) is 11.6 Å². The minimum absolute atomic E-state index is 0.0166. The lowest BCUT2D eigenvalue weighted by Crippen LogP contribution is -2.39. The van der Waals surface area contributed by atoms with Gasteiger partial charge in [-0.15, -0.1) is 0 Å². The van der Waals surface area contributed by atoms with E-state index in [-0.39, 0.29) is 22.9 Å². The van der Waals surface area contributed by atoms with Crippen molar-refractivity contribution in [1.82, 2.24) is 10.6 Å². The molecule has 1 rings (SSSR count). The molecule has 0 bridgehead atoms. The van der Waals surface area contributed by atoms with Gasteiger partial charge in [0.1, 0.15) is 12.3 Å². The summed E-state index contributed by atoms with van der Waals surface area (Å²) in [5, 5.41) is 21.9. The summed E-state index contributed by atoms with van der Waals surface area (Å²) in [6.07, 6.45) is 0. The van der Waals surface area contributed by atoms with E-state index in [0.717, 1.165) is 0 Å². The minimum atomic E-state index is -1.18. The second-order valence-corrected chi connectivity index (χ2v) is 3.93. The van der Waals surface area contributed by atoms with Crippen LogP contribution in [0.15, 0.2) is 18.2 Å². The zero-order valence-electron chi connectivity index (χ0n) is 9.64. The van der Waals surface area contributed by atoms with Crippen molar-refractivity contribution in [2.24, 2.45) is 0 Å². The third kappa shape index (κ3) is 4.84. The van der Waals surface area contributed by atoms with Crippen LogP contribution in [0.4, 0.5) is 0 Å². The Morgan fingerprint density at radius 3 is 2.42 bits per heavy atom. The SMILES string of the molecule is O=C(O)CNC(=O)CNC(=O)c1ccc(O)c(Cl)c1. The number of aliphatic carboxylic acids is 1. The Kier molecular flexibility index (Phi) is 5.13. The van der Waals surface area contributed by atoms with Gasteiger partial charge in [-0.3, -0.25) is 14.4 Å². The second kappa shape index (κ2) is 6.60. The molecule has 0 radical (unpaired) electrons. The van der Waals surface area contributed by atoms with E-state index in [9.17, 15) is 19.5 Å². The Morgan fingerprint density at radius 1 is 1.16 bits per heavy atom. The van der Waals surface area contributed by atoms with Crippen LogP contribution < -0.4 is 10.6 Å². The number of carboxylic acid groups (broad SMARTS) is 1. The van der Waals surface area contributed by atoms with Gasteiger partial charge in [-0.05, 0) is 18.2 Å². The quantitative estimate of drug-likeness (QED) is 0.607. The number of carbonyl (C=O) groups excluding carboxylic acids is 2. The van der Waals surface area contributed by atoms with Crippen LogP contribution in [0.2, 0.25) is 5.02 Å². The van der Waals surface area contributed by atoms with Gasteiger partial charge in [0.25, 0.3) is 5.91 Å². The van der Waals surface area contributed by atoms with Gasteiger partial charge in [-0.25, -0.2) is 0 Å². The number of phenols is 1. The van der Waals surface area contributed by atoms with E-state index >= 15 is 0 Å². The molecule has 4 N–H and O–H groups in total. The Hall–Kier alpha value is -2.28. The van der Waals surface area contributed by atoms with Crippen LogP contribution in [0, 0.1) is 0 Å². The molecule has 0 aliphatic rings. The molecule has 0 fully saturated rings. The standard InChI is InChI=1S/C11H11ClN2O5/c12-7-3-6(1-2-8(7)15)11(19)14-4-9(16)13-5-10(17)18/h1-3,15H,4-5H2,(H,13,16)(H,14,19)(H,17,18). The smallest absolute Gasteiger partial charge is 0.322 e. The topological polar surface area (TPSA) is 116 Å². The van der Waals surface area contributed by atoms with Crippen LogP contribution in [0.1, 0.15) is 10.4 Å². The fraction of sp³-hybridized carbons (Fsp3) is 0.182. The summed E-state index contributed by atoms with van der Waals surface area (Å²) in [6, 6.07) is 3.84. The summed E-state index contributed by atoms with van der Waals surface area (Å²) in [6.45, 7) is -0.871. The maximum Gasteiger partial charge on any atom is 0.322 e. The number of amides is 2. The van der Waals surface area contributed by atoms with Gasteiger partial charge in [-0.2, -0.15) is 0 Å². The number of hydrogen-bond donors (Lipinski definition) is 4. The van der Waals surface area contributed by atoms with Crippen molar-refractivity contribution >= 4 is 29.4 Å². The molecule has 0 aliphatic heterocycles. The van der Waals surface area contributed by atoms with Crippen LogP contribution in [0.5, 0.6) is 5.75 Å². The zero-order chi connectivity index (χ0) is 14.4. The summed E-state index contributed by atoms with van der Waals surface area (Å²) < 4.78 is 0. The first-order valence-corrected chi connectivity index (χ1v) is 5.53. The lowest BCUT2D eigenvalue weighted by Gasteiger charge is -2.06. The Morgan fingerprint density at radius 2 is 1.84 bits per heavy atom. The van der Waals surface area contributed by atoms with Crippen molar-refractivity contribution in [3.63, 3.8) is 0 Å². The molecule has 0 aromatic heterocycles. The lowest BCUT2D eigenvalue weighted by molar-refractivity contribution is -0.137. The van der Waals surface area contributed by atoms with Gasteiger partial charge in [0.2, 0.25) is 5.91 Å². The molecule has 0 unspecified atom stereocenters. The predicted molar refractivity (Wildman–Crippen MR) is 66.1 cm³/mol. The van der Waals surface area contributed by atoms with E-state index in [1.165, 1.54) is 18.2 Å². The maximum atomic E-state index is 11.6. The fourth-order valence-corrected chi connectivity index (χ4v) is 1.33. The Balaban J connectivity index is 2.49. The molecule has 0 aliphatic carbocycles. The number of hydrogen-bond acceptors (Lipinski definition) is 4. The molecule has 7 nitrogen and oxygen atoms in total. The third-order valence-corrected chi connectivity index (χ3v) is 2.36.